The van der Waals surface area contributed by atoms with Gasteiger partial charge in [-0.15, -0.1) is 0 Å². The SMILES string of the molecule is CCn1c(CNC(C)c2cc(C)oc2C)nc2ccccc21. The van der Waals surface area contributed by atoms with Gasteiger partial charge in [0, 0.05) is 18.2 Å². The van der Waals surface area contributed by atoms with Gasteiger partial charge in [0.15, 0.2) is 0 Å². The first-order valence-corrected chi connectivity index (χ1v) is 7.84. The summed E-state index contributed by atoms with van der Waals surface area (Å²) in [6.07, 6.45) is 0. The number of hydrogen-bond acceptors (Lipinski definition) is 3. The Morgan fingerprint density at radius 3 is 2.73 bits per heavy atom. The van der Waals surface area contributed by atoms with Gasteiger partial charge in [-0.05, 0) is 45.9 Å². The van der Waals surface area contributed by atoms with Crippen LogP contribution in [-0.2, 0) is 13.1 Å². The van der Waals surface area contributed by atoms with Crippen LogP contribution in [0.3, 0.4) is 0 Å². The van der Waals surface area contributed by atoms with Gasteiger partial charge in [-0.2, -0.15) is 0 Å². The zero-order valence-corrected chi connectivity index (χ0v) is 13.7. The number of para-hydroxylation sites is 2. The molecule has 4 heteroatoms. The fourth-order valence-electron chi connectivity index (χ4n) is 3.05. The Bertz CT molecular complexity index is 785. The molecule has 0 bridgehead atoms. The molecule has 0 aliphatic heterocycles. The van der Waals surface area contributed by atoms with Crippen molar-refractivity contribution in [2.24, 2.45) is 0 Å². The Kier molecular flexibility index (Phi) is 4.03. The number of nitrogens with one attached hydrogen (secondary N) is 1. The minimum absolute atomic E-state index is 0.238. The molecule has 1 atom stereocenters. The van der Waals surface area contributed by atoms with Crippen molar-refractivity contribution < 1.29 is 4.42 Å². The predicted octanol–water partition coefficient (Wildman–Crippen LogP) is 4.12. The molecule has 0 amide bonds. The molecule has 3 rings (SSSR count). The first-order chi connectivity index (χ1) is 10.6. The molecule has 0 aliphatic rings. The highest BCUT2D eigenvalue weighted by Gasteiger charge is 2.14. The number of fused-ring (bicyclic) bond motifs is 1. The van der Waals surface area contributed by atoms with Crippen LogP contribution in [0.4, 0.5) is 0 Å². The lowest BCUT2D eigenvalue weighted by Crippen LogP contribution is -2.20. The summed E-state index contributed by atoms with van der Waals surface area (Å²) in [4.78, 5) is 4.75. The van der Waals surface area contributed by atoms with Gasteiger partial charge < -0.3 is 14.3 Å². The molecule has 3 aromatic rings. The van der Waals surface area contributed by atoms with E-state index in [9.17, 15) is 0 Å². The van der Waals surface area contributed by atoms with Crippen LogP contribution in [0.1, 0.15) is 42.8 Å². The van der Waals surface area contributed by atoms with Crippen molar-refractivity contribution in [3.05, 3.63) is 53.2 Å². The normalized spacial score (nSPS) is 12.9. The Morgan fingerprint density at radius 1 is 1.27 bits per heavy atom. The van der Waals surface area contributed by atoms with Crippen LogP contribution in [0.15, 0.2) is 34.7 Å². The number of furan rings is 1. The quantitative estimate of drug-likeness (QED) is 0.770. The summed E-state index contributed by atoms with van der Waals surface area (Å²) in [6.45, 7) is 9.99. The molecule has 0 aliphatic carbocycles. The Morgan fingerprint density at radius 2 is 2.05 bits per heavy atom. The van der Waals surface area contributed by atoms with E-state index in [-0.39, 0.29) is 6.04 Å². The molecule has 22 heavy (non-hydrogen) atoms. The molecule has 1 unspecified atom stereocenters. The van der Waals surface area contributed by atoms with Crippen molar-refractivity contribution in [3.8, 4) is 0 Å². The van der Waals surface area contributed by atoms with E-state index in [1.165, 1.54) is 11.1 Å². The average Bonchev–Trinajstić information content (AvgIpc) is 3.03. The molecule has 0 spiro atoms. The van der Waals surface area contributed by atoms with E-state index in [2.05, 4.69) is 48.0 Å². The number of hydrogen-bond donors (Lipinski definition) is 1. The van der Waals surface area contributed by atoms with Gasteiger partial charge in [-0.25, -0.2) is 4.98 Å². The van der Waals surface area contributed by atoms with Gasteiger partial charge in [0.05, 0.1) is 17.6 Å². The number of rotatable bonds is 5. The molecule has 116 valence electrons. The van der Waals surface area contributed by atoms with Crippen LogP contribution in [-0.4, -0.2) is 9.55 Å². The Balaban J connectivity index is 1.80. The van der Waals surface area contributed by atoms with E-state index in [0.717, 1.165) is 36.0 Å². The lowest BCUT2D eigenvalue weighted by atomic mass is 10.1. The third-order valence-electron chi connectivity index (χ3n) is 4.16. The van der Waals surface area contributed by atoms with Gasteiger partial charge in [0.2, 0.25) is 0 Å². The fourth-order valence-corrected chi connectivity index (χ4v) is 3.05. The van der Waals surface area contributed by atoms with Gasteiger partial charge in [-0.3, -0.25) is 0 Å². The largest absolute Gasteiger partial charge is 0.466 e. The highest BCUT2D eigenvalue weighted by atomic mass is 16.3. The summed E-state index contributed by atoms with van der Waals surface area (Å²) >= 11 is 0. The fraction of sp³-hybridized carbons (Fsp3) is 0.389. The lowest BCUT2D eigenvalue weighted by molar-refractivity contribution is 0.486. The molecule has 0 radical (unpaired) electrons. The van der Waals surface area contributed by atoms with Gasteiger partial charge >= 0.3 is 0 Å². The second kappa shape index (κ2) is 5.97. The summed E-state index contributed by atoms with van der Waals surface area (Å²) in [5.41, 5.74) is 3.48. The van der Waals surface area contributed by atoms with E-state index in [1.54, 1.807) is 0 Å². The maximum Gasteiger partial charge on any atom is 0.123 e. The topological polar surface area (TPSA) is 43.0 Å². The van der Waals surface area contributed by atoms with Crippen LogP contribution in [0.25, 0.3) is 11.0 Å². The van der Waals surface area contributed by atoms with Gasteiger partial charge in [0.1, 0.15) is 17.3 Å². The monoisotopic (exact) mass is 297 g/mol. The molecule has 0 saturated carbocycles. The van der Waals surface area contributed by atoms with Gasteiger partial charge in [0.25, 0.3) is 0 Å². The average molecular weight is 297 g/mol. The molecule has 2 aromatic heterocycles. The second-order valence-corrected chi connectivity index (χ2v) is 5.73. The Hall–Kier alpha value is -2.07. The van der Waals surface area contributed by atoms with Crippen molar-refractivity contribution in [1.82, 2.24) is 14.9 Å². The third kappa shape index (κ3) is 2.66. The molecular formula is C18H23N3O. The first-order valence-electron chi connectivity index (χ1n) is 7.84. The van der Waals surface area contributed by atoms with E-state index in [1.807, 2.05) is 19.9 Å². The zero-order valence-electron chi connectivity index (χ0n) is 13.7. The summed E-state index contributed by atoms with van der Waals surface area (Å²) in [5.74, 6) is 3.02. The second-order valence-electron chi connectivity index (χ2n) is 5.73. The number of nitrogens with zero attached hydrogens (tertiary/aromatic N) is 2. The van der Waals surface area contributed by atoms with E-state index < -0.39 is 0 Å². The molecule has 4 nitrogen and oxygen atoms in total. The third-order valence-corrected chi connectivity index (χ3v) is 4.16. The smallest absolute Gasteiger partial charge is 0.123 e. The maximum absolute atomic E-state index is 5.62. The van der Waals surface area contributed by atoms with Crippen LogP contribution in [0.5, 0.6) is 0 Å². The van der Waals surface area contributed by atoms with Crippen molar-refractivity contribution >= 4 is 11.0 Å². The number of aromatic nitrogens is 2. The van der Waals surface area contributed by atoms with Crippen LogP contribution in [0, 0.1) is 13.8 Å². The van der Waals surface area contributed by atoms with Gasteiger partial charge in [-0.1, -0.05) is 12.1 Å². The lowest BCUT2D eigenvalue weighted by Gasteiger charge is -2.13. The molecular weight excluding hydrogens is 274 g/mol. The maximum atomic E-state index is 5.62. The van der Waals surface area contributed by atoms with Crippen molar-refractivity contribution in [3.63, 3.8) is 0 Å². The van der Waals surface area contributed by atoms with Crippen molar-refractivity contribution in [2.45, 2.75) is 46.8 Å². The summed E-state index contributed by atoms with van der Waals surface area (Å²) in [5, 5.41) is 3.56. The number of imidazole rings is 1. The van der Waals surface area contributed by atoms with Crippen LogP contribution in [0.2, 0.25) is 0 Å². The van der Waals surface area contributed by atoms with E-state index in [4.69, 9.17) is 9.40 Å². The number of aryl methyl sites for hydroxylation is 3. The van der Waals surface area contributed by atoms with Crippen molar-refractivity contribution in [1.29, 1.82) is 0 Å². The first kappa shape index (κ1) is 14.9. The van der Waals surface area contributed by atoms with E-state index >= 15 is 0 Å². The minimum Gasteiger partial charge on any atom is -0.466 e. The highest BCUT2D eigenvalue weighted by molar-refractivity contribution is 5.75. The van der Waals surface area contributed by atoms with Crippen LogP contribution >= 0.6 is 0 Å². The number of benzene rings is 1. The summed E-state index contributed by atoms with van der Waals surface area (Å²) in [6, 6.07) is 10.6. The Labute approximate surface area is 131 Å². The zero-order chi connectivity index (χ0) is 15.7. The predicted molar refractivity (Wildman–Crippen MR) is 88.8 cm³/mol. The molecule has 1 aromatic carbocycles. The molecule has 0 saturated heterocycles. The summed E-state index contributed by atoms with van der Waals surface area (Å²) < 4.78 is 7.89. The highest BCUT2D eigenvalue weighted by Crippen LogP contribution is 2.22. The summed E-state index contributed by atoms with van der Waals surface area (Å²) in [7, 11) is 0. The standard InChI is InChI=1S/C18H23N3O/c1-5-21-17-9-7-6-8-16(17)20-18(21)11-19-13(3)15-10-12(2)22-14(15)4/h6-10,13,19H,5,11H2,1-4H3. The molecule has 1 N–H and O–H groups in total. The molecule has 2 heterocycles. The molecule has 0 fully saturated rings. The van der Waals surface area contributed by atoms with E-state index in [0.29, 0.717) is 0 Å². The van der Waals surface area contributed by atoms with Crippen LogP contribution < -0.4 is 5.32 Å². The van der Waals surface area contributed by atoms with Crippen molar-refractivity contribution in [2.75, 3.05) is 0 Å². The minimum atomic E-state index is 0.238.